The van der Waals surface area contributed by atoms with Crippen LogP contribution in [0.25, 0.3) is 0 Å². The molecule has 2 fully saturated rings. The molecule has 1 aromatic carbocycles. The Morgan fingerprint density at radius 3 is 2.47 bits per heavy atom. The number of methoxy groups -OCH3 is 1. The maximum absolute atomic E-state index is 6.60. The molecule has 2 nitrogen and oxygen atoms in total. The molecule has 2 heteroatoms. The van der Waals surface area contributed by atoms with E-state index in [2.05, 4.69) is 19.1 Å². The van der Waals surface area contributed by atoms with E-state index in [0.717, 1.165) is 29.9 Å². The lowest BCUT2D eigenvalue weighted by molar-refractivity contribution is 0.253. The Bertz CT molecular complexity index is 437. The Morgan fingerprint density at radius 1 is 1.21 bits per heavy atom. The summed E-state index contributed by atoms with van der Waals surface area (Å²) < 4.78 is 5.21. The molecular formula is C17H25NO. The van der Waals surface area contributed by atoms with Gasteiger partial charge >= 0.3 is 0 Å². The van der Waals surface area contributed by atoms with Gasteiger partial charge in [0.1, 0.15) is 5.75 Å². The van der Waals surface area contributed by atoms with Crippen LogP contribution in [0.5, 0.6) is 5.75 Å². The van der Waals surface area contributed by atoms with Crippen molar-refractivity contribution in [2.45, 2.75) is 44.6 Å². The molecule has 2 bridgehead atoms. The zero-order chi connectivity index (χ0) is 13.5. The minimum absolute atomic E-state index is 0.207. The molecule has 19 heavy (non-hydrogen) atoms. The quantitative estimate of drug-likeness (QED) is 0.895. The van der Waals surface area contributed by atoms with Crippen molar-refractivity contribution in [2.24, 2.45) is 23.5 Å². The summed E-state index contributed by atoms with van der Waals surface area (Å²) in [5.74, 6) is 3.70. The Balaban J connectivity index is 1.70. The summed E-state index contributed by atoms with van der Waals surface area (Å²) in [6, 6.07) is 8.26. The lowest BCUT2D eigenvalue weighted by Gasteiger charge is -2.32. The molecule has 0 heterocycles. The van der Waals surface area contributed by atoms with Gasteiger partial charge in [-0.05, 0) is 68.1 Å². The number of nitrogens with two attached hydrogens (primary N) is 1. The van der Waals surface area contributed by atoms with E-state index in [0.29, 0.717) is 0 Å². The van der Waals surface area contributed by atoms with E-state index in [1.54, 1.807) is 7.11 Å². The number of fused-ring (bicyclic) bond motifs is 2. The predicted octanol–water partition coefficient (Wildman–Crippen LogP) is 3.70. The van der Waals surface area contributed by atoms with Crippen LogP contribution in [0.15, 0.2) is 24.3 Å². The second-order valence-corrected chi connectivity index (χ2v) is 6.79. The first-order chi connectivity index (χ1) is 9.08. The average Bonchev–Trinajstić information content (AvgIpc) is 3.00. The monoisotopic (exact) mass is 259 g/mol. The fourth-order valence-electron chi connectivity index (χ4n) is 4.26. The van der Waals surface area contributed by atoms with Gasteiger partial charge in [0.2, 0.25) is 0 Å². The summed E-state index contributed by atoms with van der Waals surface area (Å²) in [7, 11) is 1.70. The van der Waals surface area contributed by atoms with Crippen molar-refractivity contribution in [3.63, 3.8) is 0 Å². The highest BCUT2D eigenvalue weighted by Gasteiger charge is 2.41. The van der Waals surface area contributed by atoms with Gasteiger partial charge in [-0.2, -0.15) is 0 Å². The summed E-state index contributed by atoms with van der Waals surface area (Å²) in [5, 5.41) is 0. The van der Waals surface area contributed by atoms with Crippen molar-refractivity contribution in [3.05, 3.63) is 29.8 Å². The second kappa shape index (κ2) is 4.82. The summed E-state index contributed by atoms with van der Waals surface area (Å²) in [6.45, 7) is 2.18. The normalized spacial score (nSPS) is 32.3. The van der Waals surface area contributed by atoms with Crippen molar-refractivity contribution < 1.29 is 4.74 Å². The fraction of sp³-hybridized carbons (Fsp3) is 0.647. The van der Waals surface area contributed by atoms with Crippen molar-refractivity contribution >= 4 is 0 Å². The van der Waals surface area contributed by atoms with E-state index in [1.165, 1.54) is 31.2 Å². The maximum atomic E-state index is 6.60. The van der Waals surface area contributed by atoms with E-state index in [1.807, 2.05) is 12.1 Å². The highest BCUT2D eigenvalue weighted by molar-refractivity contribution is 5.31. The molecule has 4 atom stereocenters. The molecule has 2 N–H and O–H groups in total. The molecular weight excluding hydrogens is 234 g/mol. The Kier molecular flexibility index (Phi) is 3.30. The van der Waals surface area contributed by atoms with E-state index in [9.17, 15) is 0 Å². The van der Waals surface area contributed by atoms with E-state index in [-0.39, 0.29) is 5.54 Å². The first-order valence-electron chi connectivity index (χ1n) is 7.52. The third kappa shape index (κ3) is 2.51. The molecule has 0 aliphatic heterocycles. The largest absolute Gasteiger partial charge is 0.497 e. The van der Waals surface area contributed by atoms with Crippen molar-refractivity contribution in [1.29, 1.82) is 0 Å². The van der Waals surface area contributed by atoms with E-state index >= 15 is 0 Å². The van der Waals surface area contributed by atoms with Gasteiger partial charge in [0.15, 0.2) is 0 Å². The first kappa shape index (κ1) is 13.0. The SMILES string of the molecule is COc1ccc(C(C)(N)CC2CC3CCC2C3)cc1. The van der Waals surface area contributed by atoms with Crippen LogP contribution in [-0.4, -0.2) is 7.11 Å². The lowest BCUT2D eigenvalue weighted by Crippen LogP contribution is -2.36. The van der Waals surface area contributed by atoms with Gasteiger partial charge in [-0.1, -0.05) is 18.6 Å². The molecule has 1 aromatic rings. The van der Waals surface area contributed by atoms with Crippen LogP contribution in [0.3, 0.4) is 0 Å². The van der Waals surface area contributed by atoms with Gasteiger partial charge in [-0.3, -0.25) is 0 Å². The zero-order valence-corrected chi connectivity index (χ0v) is 12.1. The van der Waals surface area contributed by atoms with Gasteiger partial charge in [0, 0.05) is 5.54 Å². The van der Waals surface area contributed by atoms with Gasteiger partial charge in [0.25, 0.3) is 0 Å². The minimum atomic E-state index is -0.207. The molecule has 104 valence electrons. The topological polar surface area (TPSA) is 35.2 Å². The smallest absolute Gasteiger partial charge is 0.118 e. The second-order valence-electron chi connectivity index (χ2n) is 6.79. The number of hydrogen-bond acceptors (Lipinski definition) is 2. The third-order valence-corrected chi connectivity index (χ3v) is 5.32. The molecule has 0 saturated heterocycles. The molecule has 0 spiro atoms. The molecule has 2 saturated carbocycles. The van der Waals surface area contributed by atoms with Crippen LogP contribution in [0.4, 0.5) is 0 Å². The van der Waals surface area contributed by atoms with Gasteiger partial charge in [-0.25, -0.2) is 0 Å². The van der Waals surface area contributed by atoms with Crippen LogP contribution in [0, 0.1) is 17.8 Å². The molecule has 0 radical (unpaired) electrons. The summed E-state index contributed by atoms with van der Waals surface area (Å²) in [5.41, 5.74) is 7.63. The number of ether oxygens (including phenoxy) is 1. The first-order valence-corrected chi connectivity index (χ1v) is 7.52. The molecule has 2 aliphatic carbocycles. The number of hydrogen-bond donors (Lipinski definition) is 1. The fourth-order valence-corrected chi connectivity index (χ4v) is 4.26. The van der Waals surface area contributed by atoms with Crippen LogP contribution in [-0.2, 0) is 5.54 Å². The standard InChI is InChI=1S/C17H25NO/c1-17(18,15-5-7-16(19-2)8-6-15)11-14-10-12-3-4-13(14)9-12/h5-8,12-14H,3-4,9-11,18H2,1-2H3. The Labute approximate surface area is 116 Å². The molecule has 0 aromatic heterocycles. The van der Waals surface area contributed by atoms with Crippen molar-refractivity contribution in [2.75, 3.05) is 7.11 Å². The molecule has 2 aliphatic rings. The van der Waals surface area contributed by atoms with Crippen LogP contribution in [0.1, 0.15) is 44.6 Å². The van der Waals surface area contributed by atoms with Gasteiger partial charge in [0.05, 0.1) is 7.11 Å². The van der Waals surface area contributed by atoms with E-state index < -0.39 is 0 Å². The summed E-state index contributed by atoms with van der Waals surface area (Å²) in [6.07, 6.45) is 6.90. The zero-order valence-electron chi connectivity index (χ0n) is 12.1. The Hall–Kier alpha value is -1.02. The van der Waals surface area contributed by atoms with E-state index in [4.69, 9.17) is 10.5 Å². The third-order valence-electron chi connectivity index (χ3n) is 5.32. The van der Waals surface area contributed by atoms with Crippen molar-refractivity contribution in [3.8, 4) is 5.75 Å². The van der Waals surface area contributed by atoms with Crippen LogP contribution < -0.4 is 10.5 Å². The van der Waals surface area contributed by atoms with Gasteiger partial charge < -0.3 is 10.5 Å². The predicted molar refractivity (Wildman–Crippen MR) is 78.1 cm³/mol. The minimum Gasteiger partial charge on any atom is -0.497 e. The lowest BCUT2D eigenvalue weighted by atomic mass is 9.77. The summed E-state index contributed by atoms with van der Waals surface area (Å²) in [4.78, 5) is 0. The highest BCUT2D eigenvalue weighted by atomic mass is 16.5. The van der Waals surface area contributed by atoms with Gasteiger partial charge in [-0.15, -0.1) is 0 Å². The van der Waals surface area contributed by atoms with Crippen molar-refractivity contribution in [1.82, 2.24) is 0 Å². The molecule has 0 amide bonds. The van der Waals surface area contributed by atoms with Crippen LogP contribution >= 0.6 is 0 Å². The highest BCUT2D eigenvalue weighted by Crippen LogP contribution is 2.51. The average molecular weight is 259 g/mol. The number of rotatable bonds is 4. The molecule has 4 unspecified atom stereocenters. The Morgan fingerprint density at radius 2 is 1.95 bits per heavy atom. The number of benzene rings is 1. The maximum Gasteiger partial charge on any atom is 0.118 e. The summed E-state index contributed by atoms with van der Waals surface area (Å²) >= 11 is 0. The van der Waals surface area contributed by atoms with Crippen LogP contribution in [0.2, 0.25) is 0 Å². The molecule has 3 rings (SSSR count).